The molecule has 0 aromatic carbocycles. The zero-order valence-corrected chi connectivity index (χ0v) is 13.3. The molecule has 0 atom stereocenters. The molecule has 2 aliphatic rings. The molecule has 0 N–H and O–H groups in total. The van der Waals surface area contributed by atoms with Crippen LogP contribution in [0.5, 0.6) is 0 Å². The van der Waals surface area contributed by atoms with E-state index in [4.69, 9.17) is 4.98 Å². The number of hydrogen-bond donors (Lipinski definition) is 0. The summed E-state index contributed by atoms with van der Waals surface area (Å²) >= 11 is 0. The monoisotopic (exact) mass is 286 g/mol. The van der Waals surface area contributed by atoms with Crippen molar-refractivity contribution in [1.82, 2.24) is 9.97 Å². The van der Waals surface area contributed by atoms with Gasteiger partial charge in [-0.25, -0.2) is 9.97 Å². The Labute approximate surface area is 127 Å². The van der Waals surface area contributed by atoms with Gasteiger partial charge in [0.15, 0.2) is 5.78 Å². The van der Waals surface area contributed by atoms with E-state index in [1.807, 2.05) is 0 Å². The number of rotatable bonds is 2. The predicted octanol–water partition coefficient (Wildman–Crippen LogP) is 4.32. The van der Waals surface area contributed by atoms with Crippen LogP contribution in [0.15, 0.2) is 6.20 Å². The Morgan fingerprint density at radius 1 is 1.10 bits per heavy atom. The minimum absolute atomic E-state index is 0.234. The van der Waals surface area contributed by atoms with Gasteiger partial charge in [-0.05, 0) is 56.8 Å². The van der Waals surface area contributed by atoms with E-state index in [0.29, 0.717) is 12.3 Å². The van der Waals surface area contributed by atoms with Crippen molar-refractivity contribution in [1.29, 1.82) is 0 Å². The minimum atomic E-state index is 0.234. The average molecular weight is 286 g/mol. The van der Waals surface area contributed by atoms with Crippen LogP contribution < -0.4 is 0 Å². The van der Waals surface area contributed by atoms with Gasteiger partial charge in [0.05, 0.1) is 11.3 Å². The number of Topliss-reactive ketones (excluding diaryl/α,β-unsaturated/α-hetero) is 1. The van der Waals surface area contributed by atoms with Gasteiger partial charge in [-0.1, -0.05) is 13.8 Å². The van der Waals surface area contributed by atoms with Crippen LogP contribution in [0.2, 0.25) is 0 Å². The zero-order chi connectivity index (χ0) is 14.8. The van der Waals surface area contributed by atoms with Crippen LogP contribution in [0.3, 0.4) is 0 Å². The van der Waals surface area contributed by atoms with Crippen LogP contribution in [0.1, 0.15) is 86.6 Å². The third kappa shape index (κ3) is 3.17. The quantitative estimate of drug-likeness (QED) is 0.761. The standard InChI is InChI=1S/C18H26N2O/c1-12(2)13-7-9-14(10-8-13)18-19-11-15-16(20-18)5-3-4-6-17(15)21/h11-14H,3-10H2,1-2H3. The number of ketones is 1. The lowest BCUT2D eigenvalue weighted by Gasteiger charge is -2.30. The summed E-state index contributed by atoms with van der Waals surface area (Å²) in [4.78, 5) is 21.4. The van der Waals surface area contributed by atoms with Crippen molar-refractivity contribution in [2.24, 2.45) is 11.8 Å². The van der Waals surface area contributed by atoms with Crippen molar-refractivity contribution >= 4 is 5.78 Å². The van der Waals surface area contributed by atoms with Crippen molar-refractivity contribution in [3.8, 4) is 0 Å². The fourth-order valence-electron chi connectivity index (χ4n) is 3.81. The molecule has 1 aromatic heterocycles. The first-order valence-electron chi connectivity index (χ1n) is 8.54. The Kier molecular flexibility index (Phi) is 4.37. The van der Waals surface area contributed by atoms with Gasteiger partial charge in [-0.15, -0.1) is 0 Å². The first kappa shape index (κ1) is 14.7. The highest BCUT2D eigenvalue weighted by Crippen LogP contribution is 2.37. The Hall–Kier alpha value is -1.25. The third-order valence-electron chi connectivity index (χ3n) is 5.33. The normalized spacial score (nSPS) is 26.5. The molecular weight excluding hydrogens is 260 g/mol. The molecule has 1 aromatic rings. The second kappa shape index (κ2) is 6.25. The molecule has 0 bridgehead atoms. The number of fused-ring (bicyclic) bond motifs is 1. The van der Waals surface area contributed by atoms with Gasteiger partial charge in [-0.2, -0.15) is 0 Å². The molecule has 0 amide bonds. The molecule has 3 nitrogen and oxygen atoms in total. The maximum Gasteiger partial charge on any atom is 0.166 e. The van der Waals surface area contributed by atoms with Crippen LogP contribution in [-0.2, 0) is 6.42 Å². The number of aryl methyl sites for hydroxylation is 1. The van der Waals surface area contributed by atoms with E-state index in [1.54, 1.807) is 6.20 Å². The molecule has 3 rings (SSSR count). The smallest absolute Gasteiger partial charge is 0.166 e. The number of aromatic nitrogens is 2. The SMILES string of the molecule is CC(C)C1CCC(c2ncc3c(n2)CCCCC3=O)CC1. The highest BCUT2D eigenvalue weighted by molar-refractivity contribution is 5.97. The van der Waals surface area contributed by atoms with Gasteiger partial charge >= 0.3 is 0 Å². The summed E-state index contributed by atoms with van der Waals surface area (Å²) in [6, 6.07) is 0. The van der Waals surface area contributed by atoms with Gasteiger partial charge in [0, 0.05) is 18.5 Å². The van der Waals surface area contributed by atoms with E-state index in [1.165, 1.54) is 25.7 Å². The van der Waals surface area contributed by atoms with Gasteiger partial charge in [0.25, 0.3) is 0 Å². The Morgan fingerprint density at radius 2 is 1.81 bits per heavy atom. The number of hydrogen-bond acceptors (Lipinski definition) is 3. The molecule has 0 aliphatic heterocycles. The summed E-state index contributed by atoms with van der Waals surface area (Å²) in [6.45, 7) is 4.66. The summed E-state index contributed by atoms with van der Waals surface area (Å²) in [7, 11) is 0. The van der Waals surface area contributed by atoms with E-state index in [-0.39, 0.29) is 5.78 Å². The molecular formula is C18H26N2O. The van der Waals surface area contributed by atoms with Crippen LogP contribution in [-0.4, -0.2) is 15.8 Å². The van der Waals surface area contributed by atoms with Crippen molar-refractivity contribution in [2.75, 3.05) is 0 Å². The van der Waals surface area contributed by atoms with Gasteiger partial charge < -0.3 is 0 Å². The first-order valence-corrected chi connectivity index (χ1v) is 8.54. The second-order valence-corrected chi connectivity index (χ2v) is 7.07. The molecule has 114 valence electrons. The highest BCUT2D eigenvalue weighted by atomic mass is 16.1. The molecule has 0 radical (unpaired) electrons. The maximum absolute atomic E-state index is 12.0. The minimum Gasteiger partial charge on any atom is -0.294 e. The molecule has 2 aliphatic carbocycles. The topological polar surface area (TPSA) is 42.9 Å². The van der Waals surface area contributed by atoms with Crippen molar-refractivity contribution < 1.29 is 4.79 Å². The predicted molar refractivity (Wildman–Crippen MR) is 83.5 cm³/mol. The summed E-state index contributed by atoms with van der Waals surface area (Å²) in [5, 5.41) is 0. The second-order valence-electron chi connectivity index (χ2n) is 7.07. The van der Waals surface area contributed by atoms with Crippen LogP contribution >= 0.6 is 0 Å². The largest absolute Gasteiger partial charge is 0.294 e. The van der Waals surface area contributed by atoms with E-state index in [9.17, 15) is 4.79 Å². The molecule has 1 fully saturated rings. The third-order valence-corrected chi connectivity index (χ3v) is 5.33. The lowest BCUT2D eigenvalue weighted by molar-refractivity contribution is 0.0981. The van der Waals surface area contributed by atoms with Crippen LogP contribution in [0.25, 0.3) is 0 Å². The summed E-state index contributed by atoms with van der Waals surface area (Å²) in [5.74, 6) is 3.38. The summed E-state index contributed by atoms with van der Waals surface area (Å²) in [6.07, 6.45) is 10.5. The molecule has 0 saturated heterocycles. The van der Waals surface area contributed by atoms with E-state index in [2.05, 4.69) is 18.8 Å². The van der Waals surface area contributed by atoms with Gasteiger partial charge in [0.2, 0.25) is 0 Å². The number of carbonyl (C=O) groups is 1. The molecule has 1 saturated carbocycles. The molecule has 0 spiro atoms. The van der Waals surface area contributed by atoms with Gasteiger partial charge in [0.1, 0.15) is 5.82 Å². The molecule has 1 heterocycles. The lowest BCUT2D eigenvalue weighted by atomic mass is 9.76. The van der Waals surface area contributed by atoms with Crippen molar-refractivity contribution in [2.45, 2.75) is 71.1 Å². The Bertz CT molecular complexity index is 516. The molecule has 0 unspecified atom stereocenters. The van der Waals surface area contributed by atoms with E-state index in [0.717, 1.165) is 48.2 Å². The van der Waals surface area contributed by atoms with Crippen LogP contribution in [0, 0.1) is 11.8 Å². The molecule has 21 heavy (non-hydrogen) atoms. The highest BCUT2D eigenvalue weighted by Gasteiger charge is 2.27. The van der Waals surface area contributed by atoms with Crippen LogP contribution in [0.4, 0.5) is 0 Å². The fourth-order valence-corrected chi connectivity index (χ4v) is 3.81. The van der Waals surface area contributed by atoms with Gasteiger partial charge in [-0.3, -0.25) is 4.79 Å². The molecule has 3 heteroatoms. The average Bonchev–Trinajstić information content (AvgIpc) is 2.69. The number of nitrogens with zero attached hydrogens (tertiary/aromatic N) is 2. The lowest BCUT2D eigenvalue weighted by Crippen LogP contribution is -2.19. The summed E-state index contributed by atoms with van der Waals surface area (Å²) in [5.41, 5.74) is 1.79. The maximum atomic E-state index is 12.0. The van der Waals surface area contributed by atoms with E-state index < -0.39 is 0 Å². The van der Waals surface area contributed by atoms with Crippen molar-refractivity contribution in [3.63, 3.8) is 0 Å². The number of carbonyl (C=O) groups excluding carboxylic acids is 1. The fraction of sp³-hybridized carbons (Fsp3) is 0.722. The zero-order valence-electron chi connectivity index (χ0n) is 13.3. The summed E-state index contributed by atoms with van der Waals surface area (Å²) < 4.78 is 0. The Balaban J connectivity index is 1.75. The van der Waals surface area contributed by atoms with Crippen molar-refractivity contribution in [3.05, 3.63) is 23.3 Å². The first-order chi connectivity index (χ1) is 10.1. The Morgan fingerprint density at radius 3 is 2.52 bits per heavy atom. The van der Waals surface area contributed by atoms with E-state index >= 15 is 0 Å².